The second kappa shape index (κ2) is 9.18. The van der Waals surface area contributed by atoms with Crippen LogP contribution in [0, 0.1) is 5.92 Å². The van der Waals surface area contributed by atoms with Crippen LogP contribution in [-0.4, -0.2) is 39.0 Å². The van der Waals surface area contributed by atoms with Crippen LogP contribution in [0.3, 0.4) is 0 Å². The molecule has 7 rings (SSSR count). The average Bonchev–Trinajstić information content (AvgIpc) is 3.18. The summed E-state index contributed by atoms with van der Waals surface area (Å²) in [5, 5.41) is 4.45. The number of aromatic nitrogens is 2. The third-order valence-corrected chi connectivity index (χ3v) is 9.97. The fraction of sp³-hybridized carbons (Fsp3) is 0.333. The number of thiophene rings is 1. The number of amides is 1. The van der Waals surface area contributed by atoms with Crippen molar-refractivity contribution < 1.29 is 9.36 Å². The number of imidazole rings is 1. The summed E-state index contributed by atoms with van der Waals surface area (Å²) in [5.74, 6) is 1.55. The molecule has 2 aromatic heterocycles. The van der Waals surface area contributed by atoms with Gasteiger partial charge in [-0.2, -0.15) is 0 Å². The molecule has 37 heavy (non-hydrogen) atoms. The van der Waals surface area contributed by atoms with Crippen LogP contribution >= 0.6 is 43.0 Å². The molecule has 4 atom stereocenters. The Morgan fingerprint density at radius 1 is 1.11 bits per heavy atom. The third-order valence-electron chi connectivity index (χ3n) is 7.91. The van der Waals surface area contributed by atoms with Crippen LogP contribution in [-0.2, 0) is 15.9 Å². The molecule has 0 spiro atoms. The van der Waals surface area contributed by atoms with Gasteiger partial charge in [0.1, 0.15) is 5.82 Å². The van der Waals surface area contributed by atoms with Crippen molar-refractivity contribution in [2.45, 2.75) is 43.3 Å². The van der Waals surface area contributed by atoms with Gasteiger partial charge in [-0.25, -0.2) is 4.98 Å². The summed E-state index contributed by atoms with van der Waals surface area (Å²) >= 11 is 14.2. The van der Waals surface area contributed by atoms with Crippen molar-refractivity contribution in [2.75, 3.05) is 11.9 Å². The smallest absolute Gasteiger partial charge is 0.242 e. The van der Waals surface area contributed by atoms with Gasteiger partial charge in [-0.15, -0.1) is 11.3 Å². The van der Waals surface area contributed by atoms with E-state index >= 15 is 0 Å². The lowest BCUT2D eigenvalue weighted by Gasteiger charge is -2.30. The van der Waals surface area contributed by atoms with E-state index in [1.807, 2.05) is 36.4 Å². The van der Waals surface area contributed by atoms with E-state index in [0.29, 0.717) is 26.3 Å². The first-order valence-corrected chi connectivity index (χ1v) is 14.8. The molecule has 3 aliphatic rings. The Bertz CT molecular complexity index is 1550. The molecule has 0 bridgehead atoms. The number of halogens is 2. The fourth-order valence-corrected chi connectivity index (χ4v) is 7.96. The van der Waals surface area contributed by atoms with Crippen molar-refractivity contribution >= 4 is 70.9 Å². The molecule has 2 fully saturated rings. The molecular weight excluding hydrogens is 546 g/mol. The largest absolute Gasteiger partial charge is 0.326 e. The number of fused-ring (bicyclic) bond motifs is 5. The maximum Gasteiger partial charge on any atom is 0.242 e. The first-order chi connectivity index (χ1) is 18.0. The Morgan fingerprint density at radius 2 is 1.97 bits per heavy atom. The second-order valence-corrected chi connectivity index (χ2v) is 13.1. The molecule has 4 heterocycles. The number of hydrogen-bond donors (Lipinski definition) is 1. The van der Waals surface area contributed by atoms with Crippen LogP contribution in [0.2, 0.25) is 9.36 Å². The zero-order valence-electron chi connectivity index (χ0n) is 19.7. The number of rotatable bonds is 6. The zero-order chi connectivity index (χ0) is 25.3. The first kappa shape index (κ1) is 23.8. The summed E-state index contributed by atoms with van der Waals surface area (Å²) in [4.78, 5) is 22.6. The van der Waals surface area contributed by atoms with Crippen molar-refractivity contribution in [3.05, 3.63) is 74.7 Å². The number of anilines is 1. The van der Waals surface area contributed by atoms with Gasteiger partial charge in [-0.1, -0.05) is 29.3 Å². The number of hydrogen-bond acceptors (Lipinski definition) is 5. The summed E-state index contributed by atoms with van der Waals surface area (Å²) < 4.78 is 14.5. The molecule has 4 aromatic rings. The minimum atomic E-state index is -0.353. The Morgan fingerprint density at radius 3 is 2.70 bits per heavy atom. The quantitative estimate of drug-likeness (QED) is 0.277. The molecule has 2 unspecified atom stereocenters. The number of carbonyl (C=O) groups is 1. The molecule has 0 radical (unpaired) electrons. The lowest BCUT2D eigenvalue weighted by Crippen LogP contribution is -2.46. The van der Waals surface area contributed by atoms with E-state index in [-0.39, 0.29) is 38.3 Å². The highest BCUT2D eigenvalue weighted by Crippen LogP contribution is 2.54. The standard InChI is InChI=1S/C27H23Cl2N4O2PS/c28-15-2-1-3-16(10-15)30-27(34)25-24(21-8-9-22(29)37-21)23-20(32(25)12-14-4-5-14)13-33-19-7-6-17(36-35)11-18(19)31-26(23)33/h1-3,6-11,14,20,23-25H,4-5,12-13H2,(H,30,34)/t20-,23+,24?,25?/m0/s1. The molecule has 188 valence electrons. The average molecular weight is 569 g/mol. The minimum absolute atomic E-state index is 0.0145. The fourth-order valence-electron chi connectivity index (χ4n) is 6.22. The molecule has 1 saturated carbocycles. The van der Waals surface area contributed by atoms with Crippen LogP contribution in [0.1, 0.15) is 35.4 Å². The van der Waals surface area contributed by atoms with Gasteiger partial charge < -0.3 is 9.88 Å². The third kappa shape index (κ3) is 4.12. The summed E-state index contributed by atoms with van der Waals surface area (Å²) in [6.07, 6.45) is 2.41. The molecule has 1 aliphatic carbocycles. The SMILES string of the molecule is O=Pc1ccc2c(c1)nc1n2C[C@H]2[C@@H]1C(c1ccc(Cl)s1)C(C(=O)Nc1cccc(Cl)c1)N2CC1CC1. The summed E-state index contributed by atoms with van der Waals surface area (Å²) in [5.41, 5.74) is 2.59. The van der Waals surface area contributed by atoms with Crippen LogP contribution in [0.15, 0.2) is 54.6 Å². The van der Waals surface area contributed by atoms with Gasteiger partial charge >= 0.3 is 0 Å². The van der Waals surface area contributed by atoms with Crippen molar-refractivity contribution in [2.24, 2.45) is 5.92 Å². The number of likely N-dealkylation sites (tertiary alicyclic amines) is 1. The van der Waals surface area contributed by atoms with E-state index in [2.05, 4.69) is 20.9 Å². The number of benzene rings is 2. The molecule has 2 aliphatic heterocycles. The van der Waals surface area contributed by atoms with Gasteiger partial charge in [0.2, 0.25) is 5.91 Å². The Hall–Kier alpha value is -2.28. The molecular formula is C27H23Cl2N4O2PS. The molecule has 10 heteroatoms. The van der Waals surface area contributed by atoms with Gasteiger partial charge in [0.05, 0.1) is 21.4 Å². The van der Waals surface area contributed by atoms with Crippen LogP contribution in [0.5, 0.6) is 0 Å². The number of nitrogens with one attached hydrogen (secondary N) is 1. The van der Waals surface area contributed by atoms with Crippen molar-refractivity contribution in [3.63, 3.8) is 0 Å². The van der Waals surface area contributed by atoms with Crippen LogP contribution in [0.4, 0.5) is 5.69 Å². The van der Waals surface area contributed by atoms with E-state index in [1.54, 1.807) is 23.5 Å². The highest BCUT2D eigenvalue weighted by molar-refractivity contribution is 7.34. The Labute approximate surface area is 229 Å². The van der Waals surface area contributed by atoms with E-state index in [1.165, 1.54) is 12.8 Å². The molecule has 1 saturated heterocycles. The highest BCUT2D eigenvalue weighted by Gasteiger charge is 2.58. The van der Waals surface area contributed by atoms with E-state index in [4.69, 9.17) is 28.2 Å². The molecule has 2 aromatic carbocycles. The molecule has 6 nitrogen and oxygen atoms in total. The normalized spacial score (nSPS) is 25.0. The number of carbonyl (C=O) groups excluding carboxylic acids is 1. The molecule has 1 N–H and O–H groups in total. The van der Waals surface area contributed by atoms with Gasteiger partial charge in [0.25, 0.3) is 0 Å². The minimum Gasteiger partial charge on any atom is -0.326 e. The topological polar surface area (TPSA) is 67.2 Å². The predicted molar refractivity (Wildman–Crippen MR) is 149 cm³/mol. The highest BCUT2D eigenvalue weighted by atomic mass is 35.5. The maximum atomic E-state index is 14.0. The van der Waals surface area contributed by atoms with Gasteiger partial charge in [-0.05, 0) is 67.3 Å². The van der Waals surface area contributed by atoms with E-state index < -0.39 is 0 Å². The lowest BCUT2D eigenvalue weighted by molar-refractivity contribution is -0.121. The maximum absolute atomic E-state index is 14.0. The first-order valence-electron chi connectivity index (χ1n) is 12.4. The van der Waals surface area contributed by atoms with Gasteiger partial charge in [0.15, 0.2) is 8.46 Å². The summed E-state index contributed by atoms with van der Waals surface area (Å²) in [7, 11) is -0.0145. The van der Waals surface area contributed by atoms with Crippen molar-refractivity contribution in [1.29, 1.82) is 0 Å². The van der Waals surface area contributed by atoms with Gasteiger partial charge in [-0.3, -0.25) is 14.3 Å². The van der Waals surface area contributed by atoms with Gasteiger partial charge in [0, 0.05) is 51.9 Å². The monoisotopic (exact) mass is 568 g/mol. The lowest BCUT2D eigenvalue weighted by atomic mass is 9.86. The van der Waals surface area contributed by atoms with Crippen molar-refractivity contribution in [1.82, 2.24) is 14.5 Å². The van der Waals surface area contributed by atoms with E-state index in [0.717, 1.165) is 34.8 Å². The predicted octanol–water partition coefficient (Wildman–Crippen LogP) is 6.30. The molecule has 1 amide bonds. The second-order valence-electron chi connectivity index (χ2n) is 10.2. The Kier molecular flexibility index (Phi) is 5.91. The number of nitrogens with zero attached hydrogens (tertiary/aromatic N) is 3. The Balaban J connectivity index is 1.34. The zero-order valence-corrected chi connectivity index (χ0v) is 22.9. The summed E-state index contributed by atoms with van der Waals surface area (Å²) in [6, 6.07) is 16.9. The summed E-state index contributed by atoms with van der Waals surface area (Å²) in [6.45, 7) is 1.67. The van der Waals surface area contributed by atoms with Crippen LogP contribution < -0.4 is 10.6 Å². The van der Waals surface area contributed by atoms with Crippen LogP contribution in [0.25, 0.3) is 11.0 Å². The van der Waals surface area contributed by atoms with E-state index in [9.17, 15) is 9.36 Å². The van der Waals surface area contributed by atoms with Crippen molar-refractivity contribution in [3.8, 4) is 0 Å².